The number of fused-ring (bicyclic) bond motifs is 3. The second kappa shape index (κ2) is 10.6. The predicted molar refractivity (Wildman–Crippen MR) is 128 cm³/mol. The van der Waals surface area contributed by atoms with Gasteiger partial charge >= 0.3 is 0 Å². The molecule has 0 saturated heterocycles. The van der Waals surface area contributed by atoms with Gasteiger partial charge in [-0.1, -0.05) is 0 Å². The Balaban J connectivity index is 1.45. The average Bonchev–Trinajstić information content (AvgIpc) is 3.45. The van der Waals surface area contributed by atoms with Crippen molar-refractivity contribution in [1.82, 2.24) is 19.2 Å². The molecule has 1 aromatic carbocycles. The lowest BCUT2D eigenvalue weighted by Gasteiger charge is -2.09. The van der Waals surface area contributed by atoms with E-state index in [4.69, 9.17) is 9.47 Å². The van der Waals surface area contributed by atoms with Crippen molar-refractivity contribution in [2.75, 3.05) is 25.6 Å². The molecule has 0 saturated carbocycles. The molecule has 0 radical (unpaired) electrons. The van der Waals surface area contributed by atoms with Crippen LogP contribution in [-0.2, 0) is 22.5 Å². The second-order valence-electron chi connectivity index (χ2n) is 7.55. The van der Waals surface area contributed by atoms with Crippen molar-refractivity contribution >= 4 is 38.9 Å². The Morgan fingerprint density at radius 1 is 1.15 bits per heavy atom. The zero-order valence-electron chi connectivity index (χ0n) is 18.7. The fraction of sp³-hybridized carbons (Fsp3) is 0.391. The number of nitrogens with zero attached hydrogens (tertiary/aromatic N) is 4. The third kappa shape index (κ3) is 5.07. The SMILES string of the molecule is CCOc1ccc(NC(=O)CCCc2nnc3n(CCCOC)c(=O)c4sccc4n23)cc1. The maximum Gasteiger partial charge on any atom is 0.272 e. The molecule has 10 heteroatoms. The molecule has 1 amide bonds. The van der Waals surface area contributed by atoms with Crippen LogP contribution in [0.3, 0.4) is 0 Å². The number of nitrogens with one attached hydrogen (secondary N) is 1. The molecule has 9 nitrogen and oxygen atoms in total. The number of methoxy groups -OCH3 is 1. The van der Waals surface area contributed by atoms with Gasteiger partial charge in [0, 0.05) is 38.8 Å². The summed E-state index contributed by atoms with van der Waals surface area (Å²) >= 11 is 1.41. The lowest BCUT2D eigenvalue weighted by Crippen LogP contribution is -2.23. The van der Waals surface area contributed by atoms with Gasteiger partial charge in [-0.25, -0.2) is 0 Å². The highest BCUT2D eigenvalue weighted by Crippen LogP contribution is 2.21. The minimum absolute atomic E-state index is 0.0581. The van der Waals surface area contributed by atoms with Crippen molar-refractivity contribution in [3.8, 4) is 5.75 Å². The number of benzene rings is 1. The number of hydrogen-bond acceptors (Lipinski definition) is 7. The molecule has 0 fully saturated rings. The maximum atomic E-state index is 12.9. The van der Waals surface area contributed by atoms with Gasteiger partial charge in [-0.05, 0) is 55.5 Å². The normalized spacial score (nSPS) is 11.3. The molecule has 3 aromatic heterocycles. The molecule has 3 heterocycles. The zero-order chi connectivity index (χ0) is 23.2. The molecule has 0 unspecified atom stereocenters. The number of rotatable bonds is 11. The van der Waals surface area contributed by atoms with Crippen molar-refractivity contribution in [1.29, 1.82) is 0 Å². The summed E-state index contributed by atoms with van der Waals surface area (Å²) in [5.41, 5.74) is 1.48. The van der Waals surface area contributed by atoms with Crippen LogP contribution in [0.15, 0.2) is 40.5 Å². The molecule has 0 aliphatic heterocycles. The molecule has 4 aromatic rings. The van der Waals surface area contributed by atoms with Gasteiger partial charge < -0.3 is 14.8 Å². The highest BCUT2D eigenvalue weighted by atomic mass is 32.1. The zero-order valence-corrected chi connectivity index (χ0v) is 19.6. The minimum atomic E-state index is -0.0647. The Kier molecular flexibility index (Phi) is 7.36. The smallest absolute Gasteiger partial charge is 0.272 e. The van der Waals surface area contributed by atoms with E-state index in [1.165, 1.54) is 11.3 Å². The molecule has 0 bridgehead atoms. The van der Waals surface area contributed by atoms with E-state index < -0.39 is 0 Å². The largest absolute Gasteiger partial charge is 0.494 e. The van der Waals surface area contributed by atoms with Gasteiger partial charge in [0.15, 0.2) is 0 Å². The van der Waals surface area contributed by atoms with Gasteiger partial charge in [-0.15, -0.1) is 21.5 Å². The van der Waals surface area contributed by atoms with Gasteiger partial charge in [0.1, 0.15) is 16.3 Å². The van der Waals surface area contributed by atoms with Crippen molar-refractivity contribution in [2.24, 2.45) is 0 Å². The third-order valence-corrected chi connectivity index (χ3v) is 6.15. The molecule has 0 aliphatic carbocycles. The summed E-state index contributed by atoms with van der Waals surface area (Å²) in [5, 5.41) is 13.5. The lowest BCUT2D eigenvalue weighted by molar-refractivity contribution is -0.116. The van der Waals surface area contributed by atoms with Gasteiger partial charge in [0.25, 0.3) is 5.56 Å². The van der Waals surface area contributed by atoms with Crippen LogP contribution in [0, 0.1) is 0 Å². The summed E-state index contributed by atoms with van der Waals surface area (Å²) in [6.45, 7) is 3.60. The molecule has 0 spiro atoms. The van der Waals surface area contributed by atoms with Crippen molar-refractivity contribution in [2.45, 2.75) is 39.2 Å². The molecule has 174 valence electrons. The highest BCUT2D eigenvalue weighted by molar-refractivity contribution is 7.17. The number of ether oxygens (including phenoxy) is 2. The first-order chi connectivity index (χ1) is 16.1. The summed E-state index contributed by atoms with van der Waals surface area (Å²) < 4.78 is 14.8. The number of carbonyl (C=O) groups excluding carboxylic acids is 1. The minimum Gasteiger partial charge on any atom is -0.494 e. The molecule has 4 rings (SSSR count). The summed E-state index contributed by atoms with van der Waals surface area (Å²) in [5.74, 6) is 1.97. The van der Waals surface area contributed by atoms with E-state index in [2.05, 4.69) is 15.5 Å². The third-order valence-electron chi connectivity index (χ3n) is 5.26. The van der Waals surface area contributed by atoms with E-state index >= 15 is 0 Å². The lowest BCUT2D eigenvalue weighted by atomic mass is 10.2. The Morgan fingerprint density at radius 3 is 2.73 bits per heavy atom. The fourth-order valence-electron chi connectivity index (χ4n) is 3.74. The number of carbonyl (C=O) groups is 1. The van der Waals surface area contributed by atoms with Crippen LogP contribution in [0.4, 0.5) is 5.69 Å². The van der Waals surface area contributed by atoms with E-state index in [0.717, 1.165) is 22.8 Å². The van der Waals surface area contributed by atoms with E-state index in [0.29, 0.717) is 55.9 Å². The maximum absolute atomic E-state index is 12.9. The van der Waals surface area contributed by atoms with Crippen LogP contribution in [0.5, 0.6) is 5.75 Å². The van der Waals surface area contributed by atoms with Crippen molar-refractivity contribution in [3.63, 3.8) is 0 Å². The number of hydrogen-bond donors (Lipinski definition) is 1. The highest BCUT2D eigenvalue weighted by Gasteiger charge is 2.17. The van der Waals surface area contributed by atoms with Crippen molar-refractivity contribution in [3.05, 3.63) is 51.9 Å². The van der Waals surface area contributed by atoms with Crippen LogP contribution in [0.25, 0.3) is 16.0 Å². The van der Waals surface area contributed by atoms with Gasteiger partial charge in [-0.2, -0.15) is 0 Å². The predicted octanol–water partition coefficient (Wildman–Crippen LogP) is 3.50. The first-order valence-electron chi connectivity index (χ1n) is 11.0. The van der Waals surface area contributed by atoms with E-state index in [1.54, 1.807) is 11.7 Å². The quantitative estimate of drug-likeness (QED) is 0.338. The van der Waals surface area contributed by atoms with Crippen LogP contribution in [0.2, 0.25) is 0 Å². The summed E-state index contributed by atoms with van der Waals surface area (Å²) in [6.07, 6.45) is 2.23. The monoisotopic (exact) mass is 469 g/mol. The molecule has 33 heavy (non-hydrogen) atoms. The molecular weight excluding hydrogens is 442 g/mol. The Labute approximate surface area is 195 Å². The average molecular weight is 470 g/mol. The first-order valence-corrected chi connectivity index (χ1v) is 11.9. The van der Waals surface area contributed by atoms with E-state index in [9.17, 15) is 9.59 Å². The Hall–Kier alpha value is -3.24. The van der Waals surface area contributed by atoms with Crippen molar-refractivity contribution < 1.29 is 14.3 Å². The van der Waals surface area contributed by atoms with E-state index in [1.807, 2.05) is 47.0 Å². The summed E-state index contributed by atoms with van der Waals surface area (Å²) in [4.78, 5) is 25.3. The number of thiophene rings is 1. The van der Waals surface area contributed by atoms with Crippen LogP contribution < -0.4 is 15.6 Å². The molecule has 0 aliphatic rings. The van der Waals surface area contributed by atoms with Crippen LogP contribution >= 0.6 is 11.3 Å². The molecular formula is C23H27N5O4S. The summed E-state index contributed by atoms with van der Waals surface area (Å²) in [7, 11) is 1.64. The number of amides is 1. The van der Waals surface area contributed by atoms with E-state index in [-0.39, 0.29) is 11.5 Å². The summed E-state index contributed by atoms with van der Waals surface area (Å²) in [6, 6.07) is 9.23. The topological polar surface area (TPSA) is 99.8 Å². The molecule has 0 atom stereocenters. The Bertz CT molecular complexity index is 1290. The van der Waals surface area contributed by atoms with Crippen LogP contribution in [-0.4, -0.2) is 45.4 Å². The molecule has 1 N–H and O–H groups in total. The van der Waals surface area contributed by atoms with Crippen LogP contribution in [0.1, 0.15) is 32.0 Å². The number of anilines is 1. The standard InChI is InChI=1S/C23H27N5O4S/c1-3-32-17-10-8-16(9-11-17)24-20(29)7-4-6-19-25-26-23-27(13-5-14-31-2)22(30)21-18(28(19)23)12-15-33-21/h8-12,15H,3-7,13-14H2,1-2H3,(H,24,29). The van der Waals surface area contributed by atoms with Gasteiger partial charge in [0.05, 0.1) is 12.1 Å². The van der Waals surface area contributed by atoms with Gasteiger partial charge in [0.2, 0.25) is 11.7 Å². The Morgan fingerprint density at radius 2 is 1.97 bits per heavy atom. The first kappa shape index (κ1) is 22.9. The number of aromatic nitrogens is 4. The second-order valence-corrected chi connectivity index (χ2v) is 8.46. The fourth-order valence-corrected chi connectivity index (χ4v) is 4.57. The number of aryl methyl sites for hydroxylation is 2. The van der Waals surface area contributed by atoms with Gasteiger partial charge in [-0.3, -0.25) is 18.6 Å².